The Morgan fingerprint density at radius 2 is 1.89 bits per heavy atom. The molecule has 1 amide bonds. The van der Waals surface area contributed by atoms with Crippen LogP contribution in [0.5, 0.6) is 0 Å². The van der Waals surface area contributed by atoms with Crippen LogP contribution in [0.3, 0.4) is 0 Å². The molecule has 2 aliphatic rings. The summed E-state index contributed by atoms with van der Waals surface area (Å²) in [5.74, 6) is 0.783. The number of alkyl halides is 3. The summed E-state index contributed by atoms with van der Waals surface area (Å²) in [4.78, 5) is 18.3. The number of carbonyl (C=O) groups is 1. The summed E-state index contributed by atoms with van der Waals surface area (Å²) in [5.41, 5.74) is -0.761. The highest BCUT2D eigenvalue weighted by molar-refractivity contribution is 7.15. The van der Waals surface area contributed by atoms with Crippen molar-refractivity contribution in [3.63, 3.8) is 0 Å². The molecule has 1 saturated heterocycles. The van der Waals surface area contributed by atoms with Crippen molar-refractivity contribution in [2.75, 3.05) is 23.3 Å². The molecule has 0 radical (unpaired) electrons. The van der Waals surface area contributed by atoms with Crippen molar-refractivity contribution in [1.82, 2.24) is 15.2 Å². The molecule has 0 atom stereocenters. The van der Waals surface area contributed by atoms with Crippen molar-refractivity contribution in [1.29, 1.82) is 0 Å². The van der Waals surface area contributed by atoms with E-state index in [0.717, 1.165) is 30.1 Å². The van der Waals surface area contributed by atoms with Crippen LogP contribution >= 0.6 is 11.3 Å². The molecule has 27 heavy (non-hydrogen) atoms. The Balaban J connectivity index is 1.30. The highest BCUT2D eigenvalue weighted by Crippen LogP contribution is 2.42. The zero-order valence-electron chi connectivity index (χ0n) is 14.4. The summed E-state index contributed by atoms with van der Waals surface area (Å²) in [7, 11) is 0. The van der Waals surface area contributed by atoms with E-state index in [1.165, 1.54) is 17.4 Å². The molecule has 1 N–H and O–H groups in total. The van der Waals surface area contributed by atoms with Gasteiger partial charge in [-0.1, -0.05) is 11.3 Å². The highest BCUT2D eigenvalue weighted by atomic mass is 32.1. The number of halogens is 3. The third-order valence-corrected chi connectivity index (χ3v) is 5.86. The van der Waals surface area contributed by atoms with Crippen molar-refractivity contribution >= 4 is 28.2 Å². The van der Waals surface area contributed by atoms with Crippen LogP contribution in [0.4, 0.5) is 24.1 Å². The molecule has 4 rings (SSSR count). The molecule has 2 fully saturated rings. The Labute approximate surface area is 157 Å². The maximum atomic E-state index is 12.6. The molecule has 10 heteroatoms. The van der Waals surface area contributed by atoms with Gasteiger partial charge in [0.25, 0.3) is 0 Å². The minimum Gasteiger partial charge on any atom is -0.357 e. The van der Waals surface area contributed by atoms with Gasteiger partial charge in [-0.05, 0) is 37.8 Å². The number of aromatic nitrogens is 3. The zero-order chi connectivity index (χ0) is 19.0. The van der Waals surface area contributed by atoms with Crippen molar-refractivity contribution in [3.8, 4) is 0 Å². The molecule has 2 aromatic rings. The number of piperidine rings is 1. The molecule has 1 aliphatic carbocycles. The van der Waals surface area contributed by atoms with Gasteiger partial charge in [0.2, 0.25) is 11.0 Å². The number of nitrogens with one attached hydrogen (secondary N) is 1. The lowest BCUT2D eigenvalue weighted by molar-refractivity contribution is -0.137. The number of rotatable bonds is 4. The fraction of sp³-hybridized carbons (Fsp3) is 0.529. The molecule has 1 aliphatic heterocycles. The molecule has 144 valence electrons. The van der Waals surface area contributed by atoms with E-state index in [1.807, 2.05) is 4.90 Å². The number of carbonyl (C=O) groups excluding carboxylic acids is 1. The van der Waals surface area contributed by atoms with Gasteiger partial charge in [0.15, 0.2) is 0 Å². The highest BCUT2D eigenvalue weighted by Gasteiger charge is 2.32. The fourth-order valence-electron chi connectivity index (χ4n) is 3.10. The Morgan fingerprint density at radius 3 is 2.48 bits per heavy atom. The quantitative estimate of drug-likeness (QED) is 0.852. The molecule has 0 unspecified atom stereocenters. The maximum Gasteiger partial charge on any atom is 0.417 e. The second-order valence-electron chi connectivity index (χ2n) is 6.87. The molecule has 1 saturated carbocycles. The number of pyridine rings is 1. The molecule has 0 spiro atoms. The molecule has 0 bridgehead atoms. The molecule has 6 nitrogen and oxygen atoms in total. The van der Waals surface area contributed by atoms with E-state index in [0.29, 0.717) is 42.8 Å². The number of amides is 1. The van der Waals surface area contributed by atoms with Gasteiger partial charge < -0.3 is 10.2 Å². The normalized spacial score (nSPS) is 18.6. The predicted molar refractivity (Wildman–Crippen MR) is 94.7 cm³/mol. The van der Waals surface area contributed by atoms with Gasteiger partial charge in [-0.15, -0.1) is 10.2 Å². The summed E-state index contributed by atoms with van der Waals surface area (Å²) >= 11 is 1.43. The van der Waals surface area contributed by atoms with E-state index >= 15 is 0 Å². The summed E-state index contributed by atoms with van der Waals surface area (Å²) in [5, 5.41) is 12.5. The zero-order valence-corrected chi connectivity index (χ0v) is 15.2. The fourth-order valence-corrected chi connectivity index (χ4v) is 4.01. The van der Waals surface area contributed by atoms with E-state index in [2.05, 4.69) is 20.5 Å². The lowest BCUT2D eigenvalue weighted by Gasteiger charge is -2.32. The van der Waals surface area contributed by atoms with Crippen LogP contribution in [0.15, 0.2) is 18.3 Å². The molecular weight excluding hydrogens is 379 g/mol. The predicted octanol–water partition coefficient (Wildman–Crippen LogP) is 3.68. The largest absolute Gasteiger partial charge is 0.417 e. The second-order valence-corrected chi connectivity index (χ2v) is 7.88. The van der Waals surface area contributed by atoms with Crippen molar-refractivity contribution in [2.45, 2.75) is 37.8 Å². The van der Waals surface area contributed by atoms with E-state index in [-0.39, 0.29) is 11.8 Å². The summed E-state index contributed by atoms with van der Waals surface area (Å²) in [6.45, 7) is 1.14. The SMILES string of the molecule is O=C(Nc1nnc(C2CC2)s1)C1CCN(c2ccc(C(F)(F)F)cn2)CC1. The van der Waals surface area contributed by atoms with E-state index in [1.54, 1.807) is 0 Å². The first kappa shape index (κ1) is 18.1. The van der Waals surface area contributed by atoms with Crippen LogP contribution in [0.2, 0.25) is 0 Å². The van der Waals surface area contributed by atoms with E-state index in [4.69, 9.17) is 0 Å². The second kappa shape index (κ2) is 7.06. The third-order valence-electron chi connectivity index (χ3n) is 4.86. The smallest absolute Gasteiger partial charge is 0.357 e. The first-order valence-electron chi connectivity index (χ1n) is 8.82. The summed E-state index contributed by atoms with van der Waals surface area (Å²) < 4.78 is 37.9. The summed E-state index contributed by atoms with van der Waals surface area (Å²) in [6, 6.07) is 2.41. The Morgan fingerprint density at radius 1 is 1.15 bits per heavy atom. The van der Waals surface area contributed by atoms with Crippen LogP contribution in [0.25, 0.3) is 0 Å². The van der Waals surface area contributed by atoms with Crippen molar-refractivity contribution < 1.29 is 18.0 Å². The van der Waals surface area contributed by atoms with Crippen molar-refractivity contribution in [3.05, 3.63) is 28.9 Å². The molecule has 0 aromatic carbocycles. The first-order valence-corrected chi connectivity index (χ1v) is 9.64. The third kappa shape index (κ3) is 4.20. The van der Waals surface area contributed by atoms with Crippen LogP contribution in [0.1, 0.15) is 42.2 Å². The molecular formula is C17H18F3N5OS. The van der Waals surface area contributed by atoms with Crippen LogP contribution in [-0.2, 0) is 11.0 Å². The van der Waals surface area contributed by atoms with Crippen molar-refractivity contribution in [2.24, 2.45) is 5.92 Å². The number of hydrogen-bond acceptors (Lipinski definition) is 6. The minimum absolute atomic E-state index is 0.0754. The van der Waals surface area contributed by atoms with Gasteiger partial charge in [-0.25, -0.2) is 4.98 Å². The maximum absolute atomic E-state index is 12.6. The molecule has 3 heterocycles. The minimum atomic E-state index is -4.39. The van der Waals surface area contributed by atoms with Crippen LogP contribution < -0.4 is 10.2 Å². The van der Waals surface area contributed by atoms with Gasteiger partial charge in [0, 0.05) is 31.1 Å². The monoisotopic (exact) mass is 397 g/mol. The Hall–Kier alpha value is -2.23. The first-order chi connectivity index (χ1) is 12.9. The summed E-state index contributed by atoms with van der Waals surface area (Å²) in [6.07, 6.45) is -0.0363. The lowest BCUT2D eigenvalue weighted by Crippen LogP contribution is -2.38. The number of anilines is 2. The van der Waals surface area contributed by atoms with Gasteiger partial charge in [0.1, 0.15) is 10.8 Å². The van der Waals surface area contributed by atoms with Crippen LogP contribution in [-0.4, -0.2) is 34.2 Å². The van der Waals surface area contributed by atoms with Gasteiger partial charge >= 0.3 is 6.18 Å². The topological polar surface area (TPSA) is 71.0 Å². The standard InChI is InChI=1S/C17H18F3N5OS/c18-17(19,20)12-3-4-13(21-9-12)25-7-5-10(6-8-25)14(26)22-16-24-23-15(27-16)11-1-2-11/h3-4,9-11H,1-2,5-8H2,(H,22,24,26). The van der Waals surface area contributed by atoms with Gasteiger partial charge in [0.05, 0.1) is 5.56 Å². The van der Waals surface area contributed by atoms with Gasteiger partial charge in [-0.2, -0.15) is 13.2 Å². The van der Waals surface area contributed by atoms with E-state index < -0.39 is 11.7 Å². The van der Waals surface area contributed by atoms with Gasteiger partial charge in [-0.3, -0.25) is 4.79 Å². The lowest BCUT2D eigenvalue weighted by atomic mass is 9.96. The Bertz CT molecular complexity index is 811. The molecule has 2 aromatic heterocycles. The average molecular weight is 397 g/mol. The average Bonchev–Trinajstić information content (AvgIpc) is 3.41. The van der Waals surface area contributed by atoms with Crippen LogP contribution in [0, 0.1) is 5.92 Å². The number of hydrogen-bond donors (Lipinski definition) is 1. The Kier molecular flexibility index (Phi) is 4.75. The number of nitrogens with zero attached hydrogens (tertiary/aromatic N) is 4. The van der Waals surface area contributed by atoms with E-state index in [9.17, 15) is 18.0 Å².